The van der Waals surface area contributed by atoms with E-state index >= 15 is 0 Å². The van der Waals surface area contributed by atoms with Crippen LogP contribution in [0.2, 0.25) is 0 Å². The third kappa shape index (κ3) is 1.70. The molecule has 2 aromatic rings. The number of rotatable bonds is 2. The van der Waals surface area contributed by atoms with Crippen molar-refractivity contribution in [3.63, 3.8) is 0 Å². The number of halogens is 2. The number of imide groups is 1. The zero-order valence-electron chi connectivity index (χ0n) is 9.48. The van der Waals surface area contributed by atoms with E-state index in [0.717, 1.165) is 17.0 Å². The Balaban J connectivity index is 2.00. The lowest BCUT2D eigenvalue weighted by Crippen LogP contribution is -2.29. The second-order valence-corrected chi connectivity index (χ2v) is 4.09. The van der Waals surface area contributed by atoms with Crippen LogP contribution in [0.15, 0.2) is 24.4 Å². The summed E-state index contributed by atoms with van der Waals surface area (Å²) in [6, 6.07) is 3.10. The van der Waals surface area contributed by atoms with Gasteiger partial charge in [0.15, 0.2) is 11.6 Å². The molecular weight excluding hydrogens is 256 g/mol. The fraction of sp³-hybridized carbons (Fsp3) is 0.0833. The predicted octanol–water partition coefficient (Wildman–Crippen LogP) is 1.48. The average molecular weight is 263 g/mol. The Morgan fingerprint density at radius 3 is 2.16 bits per heavy atom. The Bertz CT molecular complexity index is 642. The number of nitrogens with zero attached hydrogens (tertiary/aromatic N) is 2. The lowest BCUT2D eigenvalue weighted by molar-refractivity contribution is 0.0640. The van der Waals surface area contributed by atoms with Crippen LogP contribution in [0.4, 0.5) is 8.78 Å². The summed E-state index contributed by atoms with van der Waals surface area (Å²) >= 11 is 0. The molecule has 1 aromatic heterocycles. The third-order valence-corrected chi connectivity index (χ3v) is 2.90. The number of carbonyl (C=O) groups is 2. The highest BCUT2D eigenvalue weighted by atomic mass is 19.2. The molecule has 1 aliphatic rings. The van der Waals surface area contributed by atoms with E-state index in [1.807, 2.05) is 0 Å². The Kier molecular flexibility index (Phi) is 2.41. The molecule has 3 rings (SSSR count). The second-order valence-electron chi connectivity index (χ2n) is 4.09. The van der Waals surface area contributed by atoms with Crippen LogP contribution < -0.4 is 0 Å². The van der Waals surface area contributed by atoms with Crippen molar-refractivity contribution >= 4 is 11.8 Å². The topological polar surface area (TPSA) is 66.1 Å². The minimum Gasteiger partial charge on any atom is -0.281 e. The molecule has 5 nitrogen and oxygen atoms in total. The minimum atomic E-state index is -1.15. The number of nitrogens with one attached hydrogen (secondary N) is 1. The summed E-state index contributed by atoms with van der Waals surface area (Å²) in [6.07, 6.45) is 1.48. The number of amides is 2. The molecule has 0 saturated heterocycles. The summed E-state index contributed by atoms with van der Waals surface area (Å²) in [5, 5.41) is 6.31. The van der Waals surface area contributed by atoms with E-state index < -0.39 is 23.4 Å². The number of carbonyl (C=O) groups excluding carboxylic acids is 2. The van der Waals surface area contributed by atoms with Crippen LogP contribution in [0.3, 0.4) is 0 Å². The van der Waals surface area contributed by atoms with Crippen molar-refractivity contribution in [2.24, 2.45) is 0 Å². The highest BCUT2D eigenvalue weighted by molar-refractivity contribution is 6.21. The first kappa shape index (κ1) is 11.5. The monoisotopic (exact) mass is 263 g/mol. The first-order valence-electron chi connectivity index (χ1n) is 5.41. The van der Waals surface area contributed by atoms with E-state index in [2.05, 4.69) is 10.2 Å². The van der Waals surface area contributed by atoms with E-state index in [4.69, 9.17) is 0 Å². The maximum absolute atomic E-state index is 13.1. The van der Waals surface area contributed by atoms with Gasteiger partial charge < -0.3 is 0 Å². The maximum Gasteiger partial charge on any atom is 0.262 e. The van der Waals surface area contributed by atoms with Gasteiger partial charge in [0.1, 0.15) is 0 Å². The molecule has 0 spiro atoms. The highest BCUT2D eigenvalue weighted by Gasteiger charge is 2.36. The average Bonchev–Trinajstić information content (AvgIpc) is 2.96. The van der Waals surface area contributed by atoms with Crippen LogP contribution in [-0.4, -0.2) is 26.9 Å². The Morgan fingerprint density at radius 1 is 1.11 bits per heavy atom. The quantitative estimate of drug-likeness (QED) is 0.835. The Hall–Kier alpha value is -2.57. The van der Waals surface area contributed by atoms with Crippen molar-refractivity contribution in [3.8, 4) is 0 Å². The fourth-order valence-electron chi connectivity index (χ4n) is 1.97. The molecule has 0 bridgehead atoms. The Morgan fingerprint density at radius 2 is 1.68 bits per heavy atom. The van der Waals surface area contributed by atoms with Gasteiger partial charge in [0.25, 0.3) is 11.8 Å². The van der Waals surface area contributed by atoms with Crippen molar-refractivity contribution in [1.29, 1.82) is 0 Å². The van der Waals surface area contributed by atoms with Gasteiger partial charge in [-0.25, -0.2) is 8.78 Å². The number of aromatic nitrogens is 2. The molecule has 2 amide bonds. The zero-order chi connectivity index (χ0) is 13.6. The lowest BCUT2D eigenvalue weighted by atomic mass is 10.1. The molecule has 19 heavy (non-hydrogen) atoms. The SMILES string of the molecule is O=C1c2cc(F)c(F)cc2C(=O)N1Cc1ccn[nH]1. The predicted molar refractivity (Wildman–Crippen MR) is 59.1 cm³/mol. The van der Waals surface area contributed by atoms with Crippen molar-refractivity contribution in [3.05, 3.63) is 52.9 Å². The third-order valence-electron chi connectivity index (χ3n) is 2.90. The van der Waals surface area contributed by atoms with Gasteiger partial charge in [-0.2, -0.15) is 5.10 Å². The number of benzene rings is 1. The van der Waals surface area contributed by atoms with Crippen molar-refractivity contribution in [2.75, 3.05) is 0 Å². The molecule has 7 heteroatoms. The van der Waals surface area contributed by atoms with Gasteiger partial charge >= 0.3 is 0 Å². The number of hydrogen-bond donors (Lipinski definition) is 1. The fourth-order valence-corrected chi connectivity index (χ4v) is 1.97. The molecule has 1 aromatic carbocycles. The molecule has 1 N–H and O–H groups in total. The van der Waals surface area contributed by atoms with E-state index in [0.29, 0.717) is 5.69 Å². The molecule has 0 saturated carbocycles. The summed E-state index contributed by atoms with van der Waals surface area (Å²) in [7, 11) is 0. The van der Waals surface area contributed by atoms with Crippen LogP contribution in [0.25, 0.3) is 0 Å². The normalized spacial score (nSPS) is 14.1. The van der Waals surface area contributed by atoms with Gasteiger partial charge in [-0.15, -0.1) is 0 Å². The smallest absolute Gasteiger partial charge is 0.262 e. The molecule has 0 unspecified atom stereocenters. The number of H-pyrrole nitrogens is 1. The molecule has 96 valence electrons. The molecule has 1 aliphatic heterocycles. The van der Waals surface area contributed by atoms with Crippen molar-refractivity contribution < 1.29 is 18.4 Å². The number of fused-ring (bicyclic) bond motifs is 1. The number of aromatic amines is 1. The van der Waals surface area contributed by atoms with Crippen LogP contribution >= 0.6 is 0 Å². The minimum absolute atomic E-state index is 0.0183. The maximum atomic E-state index is 13.1. The van der Waals surface area contributed by atoms with Crippen LogP contribution in [0, 0.1) is 11.6 Å². The van der Waals surface area contributed by atoms with Crippen molar-refractivity contribution in [1.82, 2.24) is 15.1 Å². The summed E-state index contributed by atoms with van der Waals surface area (Å²) < 4.78 is 26.2. The first-order chi connectivity index (χ1) is 9.08. The lowest BCUT2D eigenvalue weighted by Gasteiger charge is -2.11. The molecule has 0 radical (unpaired) electrons. The van der Waals surface area contributed by atoms with Gasteiger partial charge in [-0.1, -0.05) is 0 Å². The van der Waals surface area contributed by atoms with Gasteiger partial charge in [-0.05, 0) is 18.2 Å². The van der Waals surface area contributed by atoms with Gasteiger partial charge in [0.2, 0.25) is 0 Å². The second kappa shape index (κ2) is 3.98. The van der Waals surface area contributed by atoms with E-state index in [1.165, 1.54) is 6.20 Å². The molecule has 2 heterocycles. The van der Waals surface area contributed by atoms with Crippen LogP contribution in [0.5, 0.6) is 0 Å². The summed E-state index contributed by atoms with van der Waals surface area (Å²) in [4.78, 5) is 24.9. The molecule has 0 fully saturated rings. The zero-order valence-corrected chi connectivity index (χ0v) is 9.48. The summed E-state index contributed by atoms with van der Waals surface area (Å²) in [5.74, 6) is -3.59. The van der Waals surface area contributed by atoms with E-state index in [9.17, 15) is 18.4 Å². The van der Waals surface area contributed by atoms with E-state index in [1.54, 1.807) is 6.07 Å². The first-order valence-corrected chi connectivity index (χ1v) is 5.41. The Labute approximate surface area is 105 Å². The largest absolute Gasteiger partial charge is 0.281 e. The highest BCUT2D eigenvalue weighted by Crippen LogP contribution is 2.26. The van der Waals surface area contributed by atoms with E-state index in [-0.39, 0.29) is 17.7 Å². The molecular formula is C12H7F2N3O2. The van der Waals surface area contributed by atoms with Crippen LogP contribution in [0.1, 0.15) is 26.4 Å². The standard InChI is InChI=1S/C12H7F2N3O2/c13-9-3-7-8(4-10(9)14)12(19)17(11(7)18)5-6-1-2-15-16-6/h1-4H,5H2,(H,15,16). The summed E-state index contributed by atoms with van der Waals surface area (Å²) in [6.45, 7) is -0.0183. The van der Waals surface area contributed by atoms with Crippen molar-refractivity contribution in [2.45, 2.75) is 6.54 Å². The van der Waals surface area contributed by atoms with Gasteiger partial charge in [0.05, 0.1) is 23.4 Å². The number of hydrogen-bond acceptors (Lipinski definition) is 3. The molecule has 0 atom stereocenters. The molecule has 0 aliphatic carbocycles. The van der Waals surface area contributed by atoms with Gasteiger partial charge in [0, 0.05) is 6.20 Å². The van der Waals surface area contributed by atoms with Crippen LogP contribution in [-0.2, 0) is 6.54 Å². The van der Waals surface area contributed by atoms with Gasteiger partial charge in [-0.3, -0.25) is 19.6 Å². The summed E-state index contributed by atoms with van der Waals surface area (Å²) in [5.41, 5.74) is 0.308.